The van der Waals surface area contributed by atoms with Crippen LogP contribution in [0, 0.1) is 28.6 Å². The first kappa shape index (κ1) is 28.0. The van der Waals surface area contributed by atoms with Crippen LogP contribution < -0.4 is 0 Å². The summed E-state index contributed by atoms with van der Waals surface area (Å²) in [6.07, 6.45) is -4.87. The maximum atomic E-state index is 17.7. The Balaban J connectivity index is 1.59. The molecule has 0 aromatic rings. The van der Waals surface area contributed by atoms with Gasteiger partial charge in [-0.3, -0.25) is 9.59 Å². The van der Waals surface area contributed by atoms with E-state index in [0.717, 1.165) is 0 Å². The van der Waals surface area contributed by atoms with Crippen molar-refractivity contribution in [3.8, 4) is 0 Å². The van der Waals surface area contributed by atoms with Crippen molar-refractivity contribution >= 4 is 11.6 Å². The lowest BCUT2D eigenvalue weighted by atomic mass is 9.44. The van der Waals surface area contributed by atoms with Gasteiger partial charge in [0.05, 0.1) is 12.2 Å². The van der Waals surface area contributed by atoms with Gasteiger partial charge in [0.1, 0.15) is 36.6 Å². The molecular formula is C28H39FO9. The first-order valence-electron chi connectivity index (χ1n) is 13.5. The van der Waals surface area contributed by atoms with E-state index < -0.39 is 94.7 Å². The number of hydrogen-bond acceptors (Lipinski definition) is 9. The number of allylic oxidation sites excluding steroid dienone is 3. The molecule has 1 unspecified atom stereocenters. The Morgan fingerprint density at radius 1 is 1.11 bits per heavy atom. The lowest BCUT2D eigenvalue weighted by molar-refractivity contribution is -0.221. The van der Waals surface area contributed by atoms with Crippen LogP contribution in [0.25, 0.3) is 0 Å². The lowest BCUT2D eigenvalue weighted by Gasteiger charge is -2.63. The molecular weight excluding hydrogens is 499 g/mol. The number of ketones is 2. The van der Waals surface area contributed by atoms with Crippen LogP contribution in [0.2, 0.25) is 0 Å². The Morgan fingerprint density at radius 3 is 2.39 bits per heavy atom. The SMILES string of the molecule is C[C@@H]1C[C@H]2[C@@H]3CCC4=CC(=O)C(C5O[C@H](C)[C@H](O)[C@H](O)[C@H]5O)=C[C@]4(C)[C@@]3(F)[C@@H](O)C[C@]2(C)[C@@]1(O)C(=O)CO. The second-order valence-corrected chi connectivity index (χ2v) is 12.7. The fraction of sp³-hybridized carbons (Fsp3) is 0.786. The number of halogens is 1. The molecule has 38 heavy (non-hydrogen) atoms. The van der Waals surface area contributed by atoms with Gasteiger partial charge in [0, 0.05) is 22.3 Å². The molecule has 3 saturated carbocycles. The van der Waals surface area contributed by atoms with Crippen molar-refractivity contribution in [2.75, 3.05) is 6.61 Å². The number of carbonyl (C=O) groups excluding carboxylic acids is 2. The summed E-state index contributed by atoms with van der Waals surface area (Å²) in [6, 6.07) is 0. The van der Waals surface area contributed by atoms with Crippen molar-refractivity contribution in [1.82, 2.24) is 0 Å². The molecule has 5 aliphatic rings. The molecule has 0 aromatic carbocycles. The quantitative estimate of drug-likeness (QED) is 0.293. The average molecular weight is 539 g/mol. The second-order valence-electron chi connectivity index (χ2n) is 12.7. The molecule has 4 fully saturated rings. The van der Waals surface area contributed by atoms with Crippen molar-refractivity contribution in [3.63, 3.8) is 0 Å². The lowest BCUT2D eigenvalue weighted by Crippen LogP contribution is -2.69. The minimum atomic E-state index is -2.27. The Hall–Kier alpha value is -1.53. The van der Waals surface area contributed by atoms with Gasteiger partial charge in [0.25, 0.3) is 0 Å². The first-order chi connectivity index (χ1) is 17.6. The predicted octanol–water partition coefficient (Wildman–Crippen LogP) is 0.136. The van der Waals surface area contributed by atoms with Gasteiger partial charge >= 0.3 is 0 Å². The highest BCUT2D eigenvalue weighted by atomic mass is 19.1. The number of aliphatic hydroxyl groups is 6. The summed E-state index contributed by atoms with van der Waals surface area (Å²) in [5, 5.41) is 63.9. The predicted molar refractivity (Wildman–Crippen MR) is 131 cm³/mol. The van der Waals surface area contributed by atoms with E-state index in [1.807, 2.05) is 0 Å². The molecule has 5 rings (SSSR count). The van der Waals surface area contributed by atoms with Crippen molar-refractivity contribution < 1.29 is 49.4 Å². The van der Waals surface area contributed by atoms with Crippen molar-refractivity contribution in [2.45, 2.75) is 101 Å². The van der Waals surface area contributed by atoms with E-state index in [2.05, 4.69) is 0 Å². The monoisotopic (exact) mass is 538 g/mol. The topological polar surface area (TPSA) is 165 Å². The number of ether oxygens (including phenoxy) is 1. The fourth-order valence-electron chi connectivity index (χ4n) is 8.92. The molecule has 1 heterocycles. The third kappa shape index (κ3) is 3.22. The van der Waals surface area contributed by atoms with Crippen LogP contribution in [-0.4, -0.2) is 96.7 Å². The summed E-state index contributed by atoms with van der Waals surface area (Å²) in [6.45, 7) is 5.65. The normalized spacial score (nSPS) is 54.4. The summed E-state index contributed by atoms with van der Waals surface area (Å²) in [5.74, 6) is -3.04. The Morgan fingerprint density at radius 2 is 1.76 bits per heavy atom. The Bertz CT molecular complexity index is 1110. The van der Waals surface area contributed by atoms with Crippen LogP contribution in [0.3, 0.4) is 0 Å². The molecule has 13 atom stereocenters. The van der Waals surface area contributed by atoms with Gasteiger partial charge in [-0.15, -0.1) is 0 Å². The van der Waals surface area contributed by atoms with Crippen molar-refractivity contribution in [2.24, 2.45) is 28.6 Å². The molecule has 1 aliphatic heterocycles. The van der Waals surface area contributed by atoms with E-state index in [4.69, 9.17) is 4.74 Å². The molecule has 0 bridgehead atoms. The van der Waals surface area contributed by atoms with Crippen LogP contribution >= 0.6 is 0 Å². The third-order valence-electron chi connectivity index (χ3n) is 11.1. The number of fused-ring (bicyclic) bond motifs is 5. The number of alkyl halides is 1. The second kappa shape index (κ2) is 8.73. The molecule has 0 aromatic heterocycles. The zero-order chi connectivity index (χ0) is 28.2. The number of carbonyl (C=O) groups is 2. The van der Waals surface area contributed by atoms with E-state index in [1.165, 1.54) is 19.1 Å². The van der Waals surface area contributed by atoms with E-state index >= 15 is 4.39 Å². The van der Waals surface area contributed by atoms with E-state index in [9.17, 15) is 40.2 Å². The van der Waals surface area contributed by atoms with Crippen LogP contribution in [0.15, 0.2) is 23.3 Å². The van der Waals surface area contributed by atoms with Gasteiger partial charge in [-0.05, 0) is 57.4 Å². The average Bonchev–Trinajstić information content (AvgIpc) is 3.07. The third-order valence-corrected chi connectivity index (χ3v) is 11.1. The van der Waals surface area contributed by atoms with Gasteiger partial charge in [-0.25, -0.2) is 4.39 Å². The summed E-state index contributed by atoms with van der Waals surface area (Å²) >= 11 is 0. The van der Waals surface area contributed by atoms with Gasteiger partial charge in [-0.1, -0.05) is 25.5 Å². The zero-order valence-corrected chi connectivity index (χ0v) is 22.2. The number of aliphatic hydroxyl groups excluding tert-OH is 5. The molecule has 1 saturated heterocycles. The number of hydrogen-bond donors (Lipinski definition) is 6. The van der Waals surface area contributed by atoms with E-state index in [-0.39, 0.29) is 12.0 Å². The minimum absolute atomic E-state index is 0.0495. The zero-order valence-electron chi connectivity index (χ0n) is 22.2. The minimum Gasteiger partial charge on any atom is -0.390 e. The molecule has 0 radical (unpaired) electrons. The largest absolute Gasteiger partial charge is 0.390 e. The molecule has 0 amide bonds. The van der Waals surface area contributed by atoms with E-state index in [0.29, 0.717) is 24.8 Å². The fourth-order valence-corrected chi connectivity index (χ4v) is 8.92. The van der Waals surface area contributed by atoms with E-state index in [1.54, 1.807) is 20.8 Å². The smallest absolute Gasteiger partial charge is 0.190 e. The summed E-state index contributed by atoms with van der Waals surface area (Å²) in [5.41, 5.74) is -6.38. The Labute approximate surface area is 221 Å². The molecule has 6 N–H and O–H groups in total. The highest BCUT2D eigenvalue weighted by Crippen LogP contribution is 2.71. The number of rotatable bonds is 3. The van der Waals surface area contributed by atoms with Crippen LogP contribution in [-0.2, 0) is 14.3 Å². The van der Waals surface area contributed by atoms with Gasteiger partial charge in [0.15, 0.2) is 17.2 Å². The summed E-state index contributed by atoms with van der Waals surface area (Å²) in [7, 11) is 0. The van der Waals surface area contributed by atoms with Gasteiger partial charge < -0.3 is 35.4 Å². The standard InChI is InChI=1S/C28H39FO9/c1-12-7-17-16-6-5-14-8-18(31)15(24-23(36)22(35)21(34)13(2)38-24)9-25(14,3)27(16,29)19(32)10-26(17,4)28(12,37)20(33)11-30/h8-9,12-13,16-17,19,21-24,30,32,34-37H,5-7,10-11H2,1-4H3/t12-,13-,16+,17+,19+,21+,22+,23-,24?,25+,26+,27+,28+/m1/s1. The Kier molecular flexibility index (Phi) is 6.44. The maximum absolute atomic E-state index is 17.7. The first-order valence-corrected chi connectivity index (χ1v) is 13.5. The molecule has 10 heteroatoms. The molecule has 4 aliphatic carbocycles. The van der Waals surface area contributed by atoms with Gasteiger partial charge in [-0.2, -0.15) is 0 Å². The molecule has 212 valence electrons. The van der Waals surface area contributed by atoms with Crippen LogP contribution in [0.1, 0.15) is 53.4 Å². The van der Waals surface area contributed by atoms with Crippen LogP contribution in [0.4, 0.5) is 4.39 Å². The molecule has 9 nitrogen and oxygen atoms in total. The van der Waals surface area contributed by atoms with Crippen molar-refractivity contribution in [1.29, 1.82) is 0 Å². The highest BCUT2D eigenvalue weighted by molar-refractivity contribution is 6.07. The summed E-state index contributed by atoms with van der Waals surface area (Å²) in [4.78, 5) is 26.0. The van der Waals surface area contributed by atoms with Crippen molar-refractivity contribution in [3.05, 3.63) is 23.3 Å². The summed E-state index contributed by atoms with van der Waals surface area (Å²) < 4.78 is 23.4. The maximum Gasteiger partial charge on any atom is 0.190 e. The van der Waals surface area contributed by atoms with Crippen LogP contribution in [0.5, 0.6) is 0 Å². The number of Topliss-reactive ketones (excluding diaryl/α,β-unsaturated/α-hetero) is 1. The highest BCUT2D eigenvalue weighted by Gasteiger charge is 2.75. The molecule has 0 spiro atoms. The van der Waals surface area contributed by atoms with Gasteiger partial charge in [0.2, 0.25) is 0 Å².